The van der Waals surface area contributed by atoms with Crippen LogP contribution in [0.3, 0.4) is 0 Å². The molecule has 84 valence electrons. The Labute approximate surface area is 93.1 Å². The van der Waals surface area contributed by atoms with Gasteiger partial charge in [-0.1, -0.05) is 0 Å². The third kappa shape index (κ3) is 1.55. The van der Waals surface area contributed by atoms with E-state index in [1.165, 1.54) is 5.56 Å². The van der Waals surface area contributed by atoms with Gasteiger partial charge in [-0.2, -0.15) is 0 Å². The van der Waals surface area contributed by atoms with Crippen LogP contribution in [0.2, 0.25) is 0 Å². The first-order valence-corrected chi connectivity index (χ1v) is 5.75. The van der Waals surface area contributed by atoms with E-state index >= 15 is 0 Å². The maximum Gasteiger partial charge on any atom is 0.248 e. The number of nitrogens with one attached hydrogen (secondary N) is 3. The predicted octanol–water partition coefficient (Wildman–Crippen LogP) is 1.32. The molecule has 3 heterocycles. The van der Waals surface area contributed by atoms with Crippen molar-refractivity contribution in [2.24, 2.45) is 0 Å². The molecule has 2 aromatic rings. The third-order valence-corrected chi connectivity index (χ3v) is 3.37. The molecule has 4 nitrogen and oxygen atoms in total. The van der Waals surface area contributed by atoms with Gasteiger partial charge in [0.05, 0.1) is 11.0 Å². The van der Waals surface area contributed by atoms with Crippen LogP contribution in [-0.4, -0.2) is 23.1 Å². The van der Waals surface area contributed by atoms with E-state index in [-0.39, 0.29) is 5.56 Å². The molecule has 0 atom stereocenters. The zero-order chi connectivity index (χ0) is 11.0. The highest BCUT2D eigenvalue weighted by molar-refractivity contribution is 5.79. The number of hydrogen-bond acceptors (Lipinski definition) is 2. The molecule has 0 aliphatic carbocycles. The summed E-state index contributed by atoms with van der Waals surface area (Å²) in [5, 5.41) is 3.35. The van der Waals surface area contributed by atoms with Crippen LogP contribution < -0.4 is 10.9 Å². The number of aromatic nitrogens is 2. The van der Waals surface area contributed by atoms with E-state index in [4.69, 9.17) is 0 Å². The zero-order valence-electron chi connectivity index (χ0n) is 9.05. The van der Waals surface area contributed by atoms with E-state index in [1.54, 1.807) is 6.07 Å². The van der Waals surface area contributed by atoms with E-state index in [0.717, 1.165) is 37.0 Å². The SMILES string of the molecule is O=c1ccc2[nH]cc(C3CCNCC3)c2[nH]1. The van der Waals surface area contributed by atoms with Gasteiger partial charge >= 0.3 is 0 Å². The first-order valence-electron chi connectivity index (χ1n) is 5.75. The van der Waals surface area contributed by atoms with Gasteiger partial charge in [-0.3, -0.25) is 4.79 Å². The lowest BCUT2D eigenvalue weighted by atomic mass is 9.91. The molecule has 1 aliphatic heterocycles. The van der Waals surface area contributed by atoms with Crippen LogP contribution in [0.4, 0.5) is 0 Å². The summed E-state index contributed by atoms with van der Waals surface area (Å²) in [6.07, 6.45) is 4.32. The van der Waals surface area contributed by atoms with Crippen LogP contribution in [0.5, 0.6) is 0 Å². The summed E-state index contributed by atoms with van der Waals surface area (Å²) in [6, 6.07) is 3.41. The third-order valence-electron chi connectivity index (χ3n) is 3.37. The molecule has 0 unspecified atom stereocenters. The van der Waals surface area contributed by atoms with Crippen molar-refractivity contribution in [1.29, 1.82) is 0 Å². The topological polar surface area (TPSA) is 60.7 Å². The fourth-order valence-electron chi connectivity index (χ4n) is 2.51. The summed E-state index contributed by atoms with van der Waals surface area (Å²) in [5.41, 5.74) is 3.24. The van der Waals surface area contributed by atoms with Crippen LogP contribution in [0.15, 0.2) is 23.1 Å². The average molecular weight is 217 g/mol. The molecule has 1 aliphatic rings. The lowest BCUT2D eigenvalue weighted by Gasteiger charge is -2.21. The molecule has 3 rings (SSSR count). The molecule has 4 heteroatoms. The van der Waals surface area contributed by atoms with Gasteiger partial charge in [-0.15, -0.1) is 0 Å². The maximum atomic E-state index is 11.3. The van der Waals surface area contributed by atoms with Crippen molar-refractivity contribution in [2.75, 3.05) is 13.1 Å². The lowest BCUT2D eigenvalue weighted by Crippen LogP contribution is -2.26. The molecule has 1 saturated heterocycles. The second-order valence-electron chi connectivity index (χ2n) is 4.38. The number of piperidine rings is 1. The highest BCUT2D eigenvalue weighted by atomic mass is 16.1. The number of pyridine rings is 1. The monoisotopic (exact) mass is 217 g/mol. The minimum absolute atomic E-state index is 0.0257. The molecule has 0 bridgehead atoms. The summed E-state index contributed by atoms with van der Waals surface area (Å²) in [7, 11) is 0. The molecule has 2 aromatic heterocycles. The highest BCUT2D eigenvalue weighted by Gasteiger charge is 2.18. The van der Waals surface area contributed by atoms with Crippen molar-refractivity contribution >= 4 is 11.0 Å². The zero-order valence-corrected chi connectivity index (χ0v) is 9.05. The summed E-state index contributed by atoms with van der Waals surface area (Å²) >= 11 is 0. The minimum Gasteiger partial charge on any atom is -0.360 e. The Bertz CT molecular complexity index is 549. The van der Waals surface area contributed by atoms with Crippen molar-refractivity contribution in [1.82, 2.24) is 15.3 Å². The van der Waals surface area contributed by atoms with Gasteiger partial charge in [-0.25, -0.2) is 0 Å². The van der Waals surface area contributed by atoms with E-state index in [2.05, 4.69) is 15.3 Å². The molecular weight excluding hydrogens is 202 g/mol. The summed E-state index contributed by atoms with van der Waals surface area (Å²) in [5.74, 6) is 0.563. The average Bonchev–Trinajstić information content (AvgIpc) is 2.73. The molecule has 0 aromatic carbocycles. The van der Waals surface area contributed by atoms with E-state index < -0.39 is 0 Å². The quantitative estimate of drug-likeness (QED) is 0.674. The first-order chi connectivity index (χ1) is 7.84. The molecule has 0 spiro atoms. The van der Waals surface area contributed by atoms with Gasteiger partial charge in [0, 0.05) is 12.3 Å². The number of rotatable bonds is 1. The van der Waals surface area contributed by atoms with Crippen molar-refractivity contribution in [3.05, 3.63) is 34.2 Å². The normalized spacial score (nSPS) is 18.0. The predicted molar refractivity (Wildman–Crippen MR) is 63.8 cm³/mol. The molecule has 0 amide bonds. The van der Waals surface area contributed by atoms with Crippen LogP contribution in [0.25, 0.3) is 11.0 Å². The van der Waals surface area contributed by atoms with Crippen LogP contribution in [0, 0.1) is 0 Å². The van der Waals surface area contributed by atoms with Crippen LogP contribution in [-0.2, 0) is 0 Å². The first kappa shape index (κ1) is 9.66. The highest BCUT2D eigenvalue weighted by Crippen LogP contribution is 2.29. The van der Waals surface area contributed by atoms with E-state index in [9.17, 15) is 4.79 Å². The Hall–Kier alpha value is -1.55. The lowest BCUT2D eigenvalue weighted by molar-refractivity contribution is 0.462. The summed E-state index contributed by atoms with van der Waals surface area (Å²) in [4.78, 5) is 17.5. The minimum atomic E-state index is -0.0257. The second kappa shape index (κ2) is 3.79. The Morgan fingerprint density at radius 3 is 2.81 bits per heavy atom. The van der Waals surface area contributed by atoms with Crippen LogP contribution >= 0.6 is 0 Å². The molecule has 3 N–H and O–H groups in total. The van der Waals surface area contributed by atoms with Crippen molar-refractivity contribution in [3.8, 4) is 0 Å². The molecule has 0 saturated carbocycles. The second-order valence-corrected chi connectivity index (χ2v) is 4.38. The molecule has 16 heavy (non-hydrogen) atoms. The number of hydrogen-bond donors (Lipinski definition) is 3. The van der Waals surface area contributed by atoms with E-state index in [0.29, 0.717) is 5.92 Å². The fourth-order valence-corrected chi connectivity index (χ4v) is 2.51. The number of aromatic amines is 2. The van der Waals surface area contributed by atoms with Gasteiger partial charge in [0.25, 0.3) is 0 Å². The molecule has 0 radical (unpaired) electrons. The Balaban J connectivity index is 2.08. The van der Waals surface area contributed by atoms with Gasteiger partial charge in [-0.05, 0) is 43.5 Å². The molecular formula is C12H15N3O. The van der Waals surface area contributed by atoms with E-state index in [1.807, 2.05) is 12.3 Å². The summed E-state index contributed by atoms with van der Waals surface area (Å²) in [6.45, 7) is 2.13. The Kier molecular flexibility index (Phi) is 2.29. The summed E-state index contributed by atoms with van der Waals surface area (Å²) < 4.78 is 0. The van der Waals surface area contributed by atoms with Crippen molar-refractivity contribution in [3.63, 3.8) is 0 Å². The Morgan fingerprint density at radius 2 is 2.00 bits per heavy atom. The maximum absolute atomic E-state index is 11.3. The van der Waals surface area contributed by atoms with Gasteiger partial charge in [0.1, 0.15) is 0 Å². The van der Waals surface area contributed by atoms with Crippen molar-refractivity contribution in [2.45, 2.75) is 18.8 Å². The van der Waals surface area contributed by atoms with Crippen LogP contribution in [0.1, 0.15) is 24.3 Å². The smallest absolute Gasteiger partial charge is 0.248 e. The largest absolute Gasteiger partial charge is 0.360 e. The number of H-pyrrole nitrogens is 2. The van der Waals surface area contributed by atoms with Gasteiger partial charge in [0.15, 0.2) is 0 Å². The van der Waals surface area contributed by atoms with Gasteiger partial charge < -0.3 is 15.3 Å². The Morgan fingerprint density at radius 1 is 1.19 bits per heavy atom. The van der Waals surface area contributed by atoms with Crippen molar-refractivity contribution < 1.29 is 0 Å². The standard InChI is InChI=1S/C12H15N3O/c16-11-2-1-10-12(15-11)9(7-14-10)8-3-5-13-6-4-8/h1-2,7-8,13-14H,3-6H2,(H,15,16). The molecule has 1 fully saturated rings. The number of fused-ring (bicyclic) bond motifs is 1. The fraction of sp³-hybridized carbons (Fsp3) is 0.417. The van der Waals surface area contributed by atoms with Gasteiger partial charge in [0.2, 0.25) is 5.56 Å².